The highest BCUT2D eigenvalue weighted by atomic mass is 16.7. The van der Waals surface area contributed by atoms with E-state index in [1.165, 1.54) is 5.56 Å². The van der Waals surface area contributed by atoms with E-state index in [0.29, 0.717) is 6.42 Å². The molecular weight excluding hydrogens is 330 g/mol. The fraction of sp³-hybridized carbons (Fsp3) is 0.400. The molecule has 1 spiro atoms. The Morgan fingerprint density at radius 3 is 2.81 bits per heavy atom. The van der Waals surface area contributed by atoms with Gasteiger partial charge in [0, 0.05) is 55.6 Å². The van der Waals surface area contributed by atoms with Gasteiger partial charge in [-0.2, -0.15) is 0 Å². The topological polar surface area (TPSA) is 54.9 Å². The summed E-state index contributed by atoms with van der Waals surface area (Å²) in [6.45, 7) is 3.94. The fourth-order valence-electron chi connectivity index (χ4n) is 4.37. The lowest BCUT2D eigenvalue weighted by Crippen LogP contribution is -2.31. The molecule has 2 fully saturated rings. The second-order valence-electron chi connectivity index (χ2n) is 7.51. The maximum Gasteiger partial charge on any atom is 0.231 e. The Kier molecular flexibility index (Phi) is 3.60. The van der Waals surface area contributed by atoms with Crippen molar-refractivity contribution in [3.8, 4) is 11.5 Å². The normalized spacial score (nSPS) is 24.8. The summed E-state index contributed by atoms with van der Waals surface area (Å²) in [5.41, 5.74) is 2.23. The van der Waals surface area contributed by atoms with Crippen molar-refractivity contribution in [2.24, 2.45) is 5.41 Å². The molecule has 0 saturated carbocycles. The third-order valence-electron chi connectivity index (χ3n) is 5.66. The second kappa shape index (κ2) is 5.99. The standard InChI is InChI=1S/C20H21N3O3/c24-19-10-20(5-8-22(12-20)11-15-3-6-21-7-4-15)13-23(19)16-1-2-17-18(9-16)26-14-25-17/h1-4,6-7,9H,5,8,10-14H2/t20-/m1/s1. The molecule has 26 heavy (non-hydrogen) atoms. The van der Waals surface area contributed by atoms with Gasteiger partial charge in [0.1, 0.15) is 0 Å². The quantitative estimate of drug-likeness (QED) is 0.850. The average molecular weight is 351 g/mol. The maximum atomic E-state index is 12.7. The number of aromatic nitrogens is 1. The molecule has 0 unspecified atom stereocenters. The first kappa shape index (κ1) is 15.6. The molecular formula is C20H21N3O3. The van der Waals surface area contributed by atoms with Gasteiger partial charge in [-0.3, -0.25) is 14.7 Å². The summed E-state index contributed by atoms with van der Waals surface area (Å²) in [6.07, 6.45) is 5.35. The monoisotopic (exact) mass is 351 g/mol. The molecule has 3 aliphatic heterocycles. The van der Waals surface area contributed by atoms with Crippen molar-refractivity contribution >= 4 is 11.6 Å². The summed E-state index contributed by atoms with van der Waals surface area (Å²) in [5, 5.41) is 0. The first-order valence-electron chi connectivity index (χ1n) is 9.02. The van der Waals surface area contributed by atoms with Crippen LogP contribution in [0.1, 0.15) is 18.4 Å². The summed E-state index contributed by atoms with van der Waals surface area (Å²) in [6, 6.07) is 9.88. The molecule has 5 rings (SSSR count). The van der Waals surface area contributed by atoms with Crippen molar-refractivity contribution in [1.82, 2.24) is 9.88 Å². The molecule has 2 aromatic rings. The fourth-order valence-corrected chi connectivity index (χ4v) is 4.37. The van der Waals surface area contributed by atoms with E-state index in [9.17, 15) is 4.79 Å². The van der Waals surface area contributed by atoms with Crippen LogP contribution in [-0.4, -0.2) is 42.2 Å². The number of anilines is 1. The average Bonchev–Trinajstić information content (AvgIpc) is 3.34. The number of amides is 1. The highest BCUT2D eigenvalue weighted by molar-refractivity contribution is 5.96. The summed E-state index contributed by atoms with van der Waals surface area (Å²) >= 11 is 0. The van der Waals surface area contributed by atoms with E-state index in [-0.39, 0.29) is 18.1 Å². The van der Waals surface area contributed by atoms with Gasteiger partial charge < -0.3 is 14.4 Å². The maximum absolute atomic E-state index is 12.7. The van der Waals surface area contributed by atoms with Crippen LogP contribution in [0.4, 0.5) is 5.69 Å². The lowest BCUT2D eigenvalue weighted by atomic mass is 9.86. The van der Waals surface area contributed by atoms with Gasteiger partial charge in [-0.05, 0) is 42.8 Å². The lowest BCUT2D eigenvalue weighted by molar-refractivity contribution is -0.117. The van der Waals surface area contributed by atoms with Crippen molar-refractivity contribution in [2.45, 2.75) is 19.4 Å². The number of carbonyl (C=O) groups is 1. The number of hydrogen-bond donors (Lipinski definition) is 0. The zero-order chi connectivity index (χ0) is 17.6. The number of likely N-dealkylation sites (tertiary alicyclic amines) is 1. The van der Waals surface area contributed by atoms with E-state index >= 15 is 0 Å². The van der Waals surface area contributed by atoms with Crippen LogP contribution in [-0.2, 0) is 11.3 Å². The molecule has 1 aromatic carbocycles. The Balaban J connectivity index is 1.31. The van der Waals surface area contributed by atoms with E-state index < -0.39 is 0 Å². The molecule has 1 aromatic heterocycles. The first-order chi connectivity index (χ1) is 12.7. The van der Waals surface area contributed by atoms with E-state index in [1.54, 1.807) is 0 Å². The number of fused-ring (bicyclic) bond motifs is 1. The lowest BCUT2D eigenvalue weighted by Gasteiger charge is -2.24. The van der Waals surface area contributed by atoms with Gasteiger partial charge in [-0.15, -0.1) is 0 Å². The van der Waals surface area contributed by atoms with Crippen molar-refractivity contribution < 1.29 is 14.3 Å². The molecule has 6 heteroatoms. The van der Waals surface area contributed by atoms with Gasteiger partial charge in [-0.1, -0.05) is 0 Å². The number of nitrogens with zero attached hydrogens (tertiary/aromatic N) is 3. The second-order valence-corrected chi connectivity index (χ2v) is 7.51. The van der Waals surface area contributed by atoms with Crippen molar-refractivity contribution in [3.63, 3.8) is 0 Å². The molecule has 4 heterocycles. The van der Waals surface area contributed by atoms with Gasteiger partial charge in [0.2, 0.25) is 12.7 Å². The van der Waals surface area contributed by atoms with Crippen LogP contribution in [0.5, 0.6) is 11.5 Å². The summed E-state index contributed by atoms with van der Waals surface area (Å²) < 4.78 is 10.8. The molecule has 0 N–H and O–H groups in total. The number of hydrogen-bond acceptors (Lipinski definition) is 5. The Labute approximate surface area is 152 Å². The third kappa shape index (κ3) is 2.70. The van der Waals surface area contributed by atoms with Crippen LogP contribution >= 0.6 is 0 Å². The molecule has 3 aliphatic rings. The van der Waals surface area contributed by atoms with Crippen LogP contribution in [0.3, 0.4) is 0 Å². The van der Waals surface area contributed by atoms with Crippen LogP contribution in [0.15, 0.2) is 42.7 Å². The smallest absolute Gasteiger partial charge is 0.231 e. The van der Waals surface area contributed by atoms with Crippen LogP contribution < -0.4 is 14.4 Å². The SMILES string of the molecule is O=C1C[C@@]2(CCN(Cc3ccncc3)C2)CN1c1ccc2c(c1)OCO2. The zero-order valence-electron chi connectivity index (χ0n) is 14.6. The molecule has 134 valence electrons. The summed E-state index contributed by atoms with van der Waals surface area (Å²) in [5.74, 6) is 1.68. The molecule has 2 saturated heterocycles. The number of carbonyl (C=O) groups excluding carboxylic acids is 1. The van der Waals surface area contributed by atoms with Crippen molar-refractivity contribution in [1.29, 1.82) is 0 Å². The van der Waals surface area contributed by atoms with Gasteiger partial charge in [0.25, 0.3) is 0 Å². The van der Waals surface area contributed by atoms with Crippen LogP contribution in [0.25, 0.3) is 0 Å². The van der Waals surface area contributed by atoms with Crippen molar-refractivity contribution in [2.75, 3.05) is 31.3 Å². The van der Waals surface area contributed by atoms with E-state index in [4.69, 9.17) is 9.47 Å². The number of benzene rings is 1. The minimum atomic E-state index is 0.0560. The minimum Gasteiger partial charge on any atom is -0.454 e. The van der Waals surface area contributed by atoms with Gasteiger partial charge in [0.15, 0.2) is 11.5 Å². The van der Waals surface area contributed by atoms with Crippen LogP contribution in [0.2, 0.25) is 0 Å². The zero-order valence-corrected chi connectivity index (χ0v) is 14.6. The number of pyridine rings is 1. The molecule has 1 amide bonds. The third-order valence-corrected chi connectivity index (χ3v) is 5.66. The Morgan fingerprint density at radius 2 is 1.92 bits per heavy atom. The summed E-state index contributed by atoms with van der Waals surface area (Å²) in [7, 11) is 0. The predicted molar refractivity (Wildman–Crippen MR) is 96.1 cm³/mol. The molecule has 1 atom stereocenters. The summed E-state index contributed by atoms with van der Waals surface area (Å²) in [4.78, 5) is 21.2. The molecule has 0 aliphatic carbocycles. The Morgan fingerprint density at radius 1 is 1.08 bits per heavy atom. The molecule has 6 nitrogen and oxygen atoms in total. The van der Waals surface area contributed by atoms with Gasteiger partial charge in [-0.25, -0.2) is 0 Å². The van der Waals surface area contributed by atoms with E-state index in [2.05, 4.69) is 22.0 Å². The van der Waals surface area contributed by atoms with Gasteiger partial charge in [0.05, 0.1) is 0 Å². The molecule has 0 bridgehead atoms. The minimum absolute atomic E-state index is 0.0560. The first-order valence-corrected chi connectivity index (χ1v) is 9.02. The Hall–Kier alpha value is -2.60. The highest BCUT2D eigenvalue weighted by Gasteiger charge is 2.47. The van der Waals surface area contributed by atoms with E-state index in [1.807, 2.05) is 35.5 Å². The van der Waals surface area contributed by atoms with Crippen LogP contribution in [0, 0.1) is 5.41 Å². The highest BCUT2D eigenvalue weighted by Crippen LogP contribution is 2.44. The van der Waals surface area contributed by atoms with E-state index in [0.717, 1.165) is 49.8 Å². The predicted octanol–water partition coefficient (Wildman–Crippen LogP) is 2.44. The number of rotatable bonds is 3. The molecule has 0 radical (unpaired) electrons. The van der Waals surface area contributed by atoms with Crippen molar-refractivity contribution in [3.05, 3.63) is 48.3 Å². The number of ether oxygens (including phenoxy) is 2. The largest absolute Gasteiger partial charge is 0.454 e. The Bertz CT molecular complexity index is 841. The van der Waals surface area contributed by atoms with Gasteiger partial charge >= 0.3 is 0 Å².